The Hall–Kier alpha value is -2.26. The Morgan fingerprint density at radius 2 is 1.52 bits per heavy atom. The zero-order valence-corrected chi connectivity index (χ0v) is 20.8. The molecule has 2 unspecified atom stereocenters. The third kappa shape index (κ3) is 6.63. The monoisotopic (exact) mass is 473 g/mol. The van der Waals surface area contributed by atoms with E-state index in [9.17, 15) is 13.2 Å². The molecular weight excluding hydrogens is 438 g/mol. The first-order chi connectivity index (χ1) is 15.7. The summed E-state index contributed by atoms with van der Waals surface area (Å²) >= 11 is 0. The number of ether oxygens (including phenoxy) is 1. The van der Waals surface area contributed by atoms with Crippen LogP contribution in [0.3, 0.4) is 0 Å². The highest BCUT2D eigenvalue weighted by atomic mass is 32.2. The molecule has 0 saturated carbocycles. The third-order valence-electron chi connectivity index (χ3n) is 5.84. The molecule has 7 nitrogen and oxygen atoms in total. The molecule has 0 radical (unpaired) electrons. The van der Waals surface area contributed by atoms with Crippen LogP contribution in [-0.2, 0) is 27.8 Å². The highest BCUT2D eigenvalue weighted by Gasteiger charge is 2.23. The maximum Gasteiger partial charge on any atom is 0.251 e. The SMILES string of the molecule is CCN(CC)S(=O)(=O)c1ccc(C(=O)NCc2ccc(CN3CC(C)OC(C)C3)cc2)cc1. The molecule has 3 rings (SSSR count). The molecule has 2 aromatic rings. The van der Waals surface area contributed by atoms with Gasteiger partial charge in [0, 0.05) is 44.8 Å². The van der Waals surface area contributed by atoms with Crippen LogP contribution < -0.4 is 5.32 Å². The van der Waals surface area contributed by atoms with Gasteiger partial charge in [0.1, 0.15) is 0 Å². The van der Waals surface area contributed by atoms with Gasteiger partial charge >= 0.3 is 0 Å². The lowest BCUT2D eigenvalue weighted by molar-refractivity contribution is -0.0704. The summed E-state index contributed by atoms with van der Waals surface area (Å²) < 4.78 is 32.4. The van der Waals surface area contributed by atoms with Crippen LogP contribution in [0.15, 0.2) is 53.4 Å². The smallest absolute Gasteiger partial charge is 0.251 e. The minimum atomic E-state index is -3.53. The largest absolute Gasteiger partial charge is 0.373 e. The molecule has 1 heterocycles. The Bertz CT molecular complexity index is 1010. The van der Waals surface area contributed by atoms with Gasteiger partial charge in [-0.15, -0.1) is 0 Å². The van der Waals surface area contributed by atoms with E-state index in [1.807, 2.05) is 12.1 Å². The van der Waals surface area contributed by atoms with E-state index in [0.717, 1.165) is 25.2 Å². The van der Waals surface area contributed by atoms with Crippen molar-refractivity contribution in [1.82, 2.24) is 14.5 Å². The van der Waals surface area contributed by atoms with Crippen LogP contribution in [0.25, 0.3) is 0 Å². The molecule has 1 amide bonds. The fourth-order valence-corrected chi connectivity index (χ4v) is 5.67. The number of sulfonamides is 1. The van der Waals surface area contributed by atoms with E-state index >= 15 is 0 Å². The number of morpholine rings is 1. The van der Waals surface area contributed by atoms with Crippen molar-refractivity contribution in [2.24, 2.45) is 0 Å². The van der Waals surface area contributed by atoms with E-state index in [4.69, 9.17) is 4.74 Å². The molecule has 0 bridgehead atoms. The zero-order chi connectivity index (χ0) is 24.0. The molecular formula is C25H35N3O4S. The number of amides is 1. The Morgan fingerprint density at radius 1 is 0.970 bits per heavy atom. The van der Waals surface area contributed by atoms with Crippen molar-refractivity contribution in [2.75, 3.05) is 26.2 Å². The van der Waals surface area contributed by atoms with Crippen LogP contribution in [0.4, 0.5) is 0 Å². The Kier molecular flexibility index (Phi) is 8.64. The molecule has 180 valence electrons. The third-order valence-corrected chi connectivity index (χ3v) is 7.90. The van der Waals surface area contributed by atoms with E-state index < -0.39 is 10.0 Å². The number of nitrogens with one attached hydrogen (secondary N) is 1. The quantitative estimate of drug-likeness (QED) is 0.605. The first kappa shape index (κ1) is 25.4. The molecule has 1 saturated heterocycles. The van der Waals surface area contributed by atoms with E-state index in [2.05, 4.69) is 36.2 Å². The minimum absolute atomic E-state index is 0.197. The minimum Gasteiger partial charge on any atom is -0.373 e. The number of benzene rings is 2. The molecule has 0 aromatic heterocycles. The van der Waals surface area contributed by atoms with Crippen LogP contribution in [0.2, 0.25) is 0 Å². The fourth-order valence-electron chi connectivity index (χ4n) is 4.21. The molecule has 0 spiro atoms. The number of hydrogen-bond acceptors (Lipinski definition) is 5. The number of nitrogens with zero attached hydrogens (tertiary/aromatic N) is 2. The van der Waals surface area contributed by atoms with E-state index in [-0.39, 0.29) is 23.0 Å². The first-order valence-corrected chi connectivity index (χ1v) is 13.0. The highest BCUT2D eigenvalue weighted by molar-refractivity contribution is 7.89. The molecule has 1 N–H and O–H groups in total. The van der Waals surface area contributed by atoms with Gasteiger partial charge in [-0.2, -0.15) is 4.31 Å². The Morgan fingerprint density at radius 3 is 2.06 bits per heavy atom. The molecule has 1 fully saturated rings. The standard InChI is InChI=1S/C25H35N3O4S/c1-5-28(6-2)33(30,31)24-13-11-23(12-14-24)25(29)26-15-21-7-9-22(10-8-21)18-27-16-19(3)32-20(4)17-27/h7-14,19-20H,5-6,15-18H2,1-4H3,(H,26,29). The summed E-state index contributed by atoms with van der Waals surface area (Å²) in [6.07, 6.45) is 0.490. The van der Waals surface area contributed by atoms with Crippen LogP contribution in [0.1, 0.15) is 49.2 Å². The summed E-state index contributed by atoms with van der Waals surface area (Å²) in [5, 5.41) is 2.91. The fraction of sp³-hybridized carbons (Fsp3) is 0.480. The van der Waals surface area contributed by atoms with Gasteiger partial charge in [0.15, 0.2) is 0 Å². The summed E-state index contributed by atoms with van der Waals surface area (Å²) in [5.41, 5.74) is 2.67. The second kappa shape index (κ2) is 11.2. The van der Waals surface area contributed by atoms with Crippen LogP contribution in [0.5, 0.6) is 0 Å². The van der Waals surface area contributed by atoms with E-state index in [1.165, 1.54) is 22.0 Å². The number of rotatable bonds is 9. The average molecular weight is 474 g/mol. The Balaban J connectivity index is 1.54. The highest BCUT2D eigenvalue weighted by Crippen LogP contribution is 2.17. The summed E-state index contributed by atoms with van der Waals surface area (Å²) in [7, 11) is -3.53. The van der Waals surface area contributed by atoms with E-state index in [0.29, 0.717) is 25.2 Å². The van der Waals surface area contributed by atoms with Crippen LogP contribution in [-0.4, -0.2) is 61.9 Å². The van der Waals surface area contributed by atoms with Gasteiger partial charge in [0.05, 0.1) is 17.1 Å². The van der Waals surface area contributed by atoms with Gasteiger partial charge in [-0.05, 0) is 49.2 Å². The molecule has 0 aliphatic carbocycles. The maximum absolute atomic E-state index is 12.6. The number of hydrogen-bond donors (Lipinski definition) is 1. The van der Waals surface area contributed by atoms with Crippen molar-refractivity contribution in [1.29, 1.82) is 0 Å². The lowest BCUT2D eigenvalue weighted by Gasteiger charge is -2.35. The molecule has 2 atom stereocenters. The topological polar surface area (TPSA) is 79.0 Å². The van der Waals surface area contributed by atoms with Crippen molar-refractivity contribution in [3.8, 4) is 0 Å². The summed E-state index contributed by atoms with van der Waals surface area (Å²) in [6.45, 7) is 11.8. The zero-order valence-electron chi connectivity index (χ0n) is 20.0. The lowest BCUT2D eigenvalue weighted by Crippen LogP contribution is -2.44. The number of carbonyl (C=O) groups is 1. The molecule has 33 heavy (non-hydrogen) atoms. The van der Waals surface area contributed by atoms with Crippen LogP contribution >= 0.6 is 0 Å². The predicted molar refractivity (Wildman–Crippen MR) is 129 cm³/mol. The molecule has 1 aliphatic heterocycles. The van der Waals surface area contributed by atoms with Crippen molar-refractivity contribution < 1.29 is 17.9 Å². The summed E-state index contributed by atoms with van der Waals surface area (Å²) in [6, 6.07) is 14.3. The molecule has 8 heteroatoms. The van der Waals surface area contributed by atoms with Crippen molar-refractivity contribution in [2.45, 2.75) is 57.9 Å². The second-order valence-corrected chi connectivity index (χ2v) is 10.5. The summed E-state index contributed by atoms with van der Waals surface area (Å²) in [5.74, 6) is -0.234. The maximum atomic E-state index is 12.6. The van der Waals surface area contributed by atoms with Crippen molar-refractivity contribution in [3.05, 3.63) is 65.2 Å². The number of carbonyl (C=O) groups excluding carboxylic acids is 1. The van der Waals surface area contributed by atoms with Crippen LogP contribution in [0, 0.1) is 0 Å². The predicted octanol–water partition coefficient (Wildman–Crippen LogP) is 3.26. The van der Waals surface area contributed by atoms with Gasteiger partial charge in [-0.3, -0.25) is 9.69 Å². The van der Waals surface area contributed by atoms with Gasteiger partial charge in [0.25, 0.3) is 5.91 Å². The molecule has 2 aromatic carbocycles. The average Bonchev–Trinajstić information content (AvgIpc) is 2.78. The van der Waals surface area contributed by atoms with Gasteiger partial charge < -0.3 is 10.1 Å². The van der Waals surface area contributed by atoms with Crippen molar-refractivity contribution in [3.63, 3.8) is 0 Å². The van der Waals surface area contributed by atoms with Gasteiger partial charge in [0.2, 0.25) is 10.0 Å². The van der Waals surface area contributed by atoms with E-state index in [1.54, 1.807) is 26.0 Å². The van der Waals surface area contributed by atoms with Gasteiger partial charge in [-0.25, -0.2) is 8.42 Å². The lowest BCUT2D eigenvalue weighted by atomic mass is 10.1. The molecule has 1 aliphatic rings. The normalized spacial score (nSPS) is 19.5. The van der Waals surface area contributed by atoms with Gasteiger partial charge in [-0.1, -0.05) is 38.1 Å². The summed E-state index contributed by atoms with van der Waals surface area (Å²) in [4.78, 5) is 15.1. The first-order valence-electron chi connectivity index (χ1n) is 11.6. The van der Waals surface area contributed by atoms with Crippen molar-refractivity contribution >= 4 is 15.9 Å². The Labute approximate surface area is 197 Å². The second-order valence-electron chi connectivity index (χ2n) is 8.56.